The van der Waals surface area contributed by atoms with Gasteiger partial charge in [-0.05, 0) is 44.4 Å². The zero-order valence-electron chi connectivity index (χ0n) is 12.0. The topological polar surface area (TPSA) is 75.6 Å². The Labute approximate surface area is 121 Å². The number of ether oxygens (including phenoxy) is 1. The van der Waals surface area contributed by atoms with E-state index < -0.39 is 10.0 Å². The molecule has 1 aromatic rings. The molecule has 0 unspecified atom stereocenters. The molecule has 1 aromatic carbocycles. The summed E-state index contributed by atoms with van der Waals surface area (Å²) in [6.45, 7) is 4.79. The highest BCUT2D eigenvalue weighted by molar-refractivity contribution is 7.89. The molecule has 0 aliphatic heterocycles. The Bertz CT molecular complexity index is 500. The largest absolute Gasteiger partial charge is 0.392 e. The van der Waals surface area contributed by atoms with E-state index in [1.807, 2.05) is 13.8 Å². The second-order valence-corrected chi connectivity index (χ2v) is 6.60. The van der Waals surface area contributed by atoms with Crippen molar-refractivity contribution in [3.8, 4) is 0 Å². The first-order valence-electron chi connectivity index (χ1n) is 6.77. The van der Waals surface area contributed by atoms with Crippen LogP contribution in [0.2, 0.25) is 0 Å². The standard InChI is InChI=1S/C14H23NO4S/c1-12(2)19-9-4-3-8-15-20(17,18)14-7-5-6-13(10-14)11-16/h5-7,10,12,15-16H,3-4,8-9,11H2,1-2H3. The molecule has 0 saturated heterocycles. The van der Waals surface area contributed by atoms with Crippen LogP contribution in [0.5, 0.6) is 0 Å². The first-order valence-corrected chi connectivity index (χ1v) is 8.25. The minimum Gasteiger partial charge on any atom is -0.392 e. The average molecular weight is 301 g/mol. The number of unbranched alkanes of at least 4 members (excludes halogenated alkanes) is 1. The van der Waals surface area contributed by atoms with Crippen LogP contribution >= 0.6 is 0 Å². The summed E-state index contributed by atoms with van der Waals surface area (Å²) >= 11 is 0. The van der Waals surface area contributed by atoms with Crippen LogP contribution in [0, 0.1) is 0 Å². The van der Waals surface area contributed by atoms with Gasteiger partial charge in [0.2, 0.25) is 10.0 Å². The third-order valence-corrected chi connectivity index (χ3v) is 4.16. The van der Waals surface area contributed by atoms with Gasteiger partial charge >= 0.3 is 0 Å². The summed E-state index contributed by atoms with van der Waals surface area (Å²) in [4.78, 5) is 0.183. The molecule has 0 aromatic heterocycles. The van der Waals surface area contributed by atoms with Crippen LogP contribution in [0.1, 0.15) is 32.3 Å². The summed E-state index contributed by atoms with van der Waals surface area (Å²) in [7, 11) is -3.50. The molecule has 0 aliphatic rings. The third-order valence-electron chi connectivity index (χ3n) is 2.71. The lowest BCUT2D eigenvalue weighted by Crippen LogP contribution is -2.25. The molecule has 0 amide bonds. The van der Waals surface area contributed by atoms with Gasteiger partial charge < -0.3 is 9.84 Å². The SMILES string of the molecule is CC(C)OCCCCNS(=O)(=O)c1cccc(CO)c1. The Balaban J connectivity index is 2.41. The summed E-state index contributed by atoms with van der Waals surface area (Å²) < 4.78 is 32.0. The monoisotopic (exact) mass is 301 g/mol. The van der Waals surface area contributed by atoms with Crippen molar-refractivity contribution in [2.24, 2.45) is 0 Å². The van der Waals surface area contributed by atoms with Crippen molar-refractivity contribution in [3.63, 3.8) is 0 Å². The molecule has 20 heavy (non-hydrogen) atoms. The van der Waals surface area contributed by atoms with Gasteiger partial charge in [0, 0.05) is 13.2 Å². The van der Waals surface area contributed by atoms with E-state index in [4.69, 9.17) is 9.84 Å². The van der Waals surface area contributed by atoms with Gasteiger partial charge in [0.1, 0.15) is 0 Å². The Morgan fingerprint density at radius 3 is 2.70 bits per heavy atom. The predicted molar refractivity (Wildman–Crippen MR) is 77.9 cm³/mol. The molecule has 114 valence electrons. The first kappa shape index (κ1) is 17.1. The van der Waals surface area contributed by atoms with E-state index in [1.54, 1.807) is 12.1 Å². The minimum absolute atomic E-state index is 0.171. The van der Waals surface area contributed by atoms with E-state index in [1.165, 1.54) is 12.1 Å². The van der Waals surface area contributed by atoms with Crippen LogP contribution in [-0.4, -0.2) is 32.8 Å². The first-order chi connectivity index (χ1) is 9.45. The highest BCUT2D eigenvalue weighted by Crippen LogP contribution is 2.11. The lowest BCUT2D eigenvalue weighted by atomic mass is 10.2. The van der Waals surface area contributed by atoms with Crippen LogP contribution in [0.3, 0.4) is 0 Å². The summed E-state index contributed by atoms with van der Waals surface area (Å²) in [5.41, 5.74) is 0.582. The average Bonchev–Trinajstić information content (AvgIpc) is 2.42. The summed E-state index contributed by atoms with van der Waals surface area (Å²) in [5, 5.41) is 9.02. The van der Waals surface area contributed by atoms with Crippen LogP contribution < -0.4 is 4.72 Å². The Morgan fingerprint density at radius 1 is 1.30 bits per heavy atom. The Hall–Kier alpha value is -0.950. The lowest BCUT2D eigenvalue weighted by Gasteiger charge is -2.09. The van der Waals surface area contributed by atoms with E-state index in [-0.39, 0.29) is 17.6 Å². The number of hydrogen-bond donors (Lipinski definition) is 2. The van der Waals surface area contributed by atoms with Crippen molar-refractivity contribution < 1.29 is 18.3 Å². The molecule has 0 bridgehead atoms. The molecule has 5 nitrogen and oxygen atoms in total. The second kappa shape index (κ2) is 8.36. The van der Waals surface area contributed by atoms with Gasteiger partial charge in [-0.1, -0.05) is 12.1 Å². The number of sulfonamides is 1. The molecular formula is C14H23NO4S. The quantitative estimate of drug-likeness (QED) is 0.680. The number of benzene rings is 1. The molecule has 1 rings (SSSR count). The van der Waals surface area contributed by atoms with Crippen LogP contribution in [-0.2, 0) is 21.4 Å². The summed E-state index contributed by atoms with van der Waals surface area (Å²) in [5.74, 6) is 0. The number of nitrogens with one attached hydrogen (secondary N) is 1. The van der Waals surface area contributed by atoms with Gasteiger partial charge in [0.25, 0.3) is 0 Å². The van der Waals surface area contributed by atoms with Crippen LogP contribution in [0.4, 0.5) is 0 Å². The zero-order valence-corrected chi connectivity index (χ0v) is 12.8. The van der Waals surface area contributed by atoms with Gasteiger partial charge in [-0.2, -0.15) is 0 Å². The van der Waals surface area contributed by atoms with E-state index in [0.717, 1.165) is 12.8 Å². The van der Waals surface area contributed by atoms with Crippen molar-refractivity contribution in [1.82, 2.24) is 4.72 Å². The van der Waals surface area contributed by atoms with Crippen molar-refractivity contribution in [1.29, 1.82) is 0 Å². The highest BCUT2D eigenvalue weighted by atomic mass is 32.2. The maximum Gasteiger partial charge on any atom is 0.240 e. The second-order valence-electron chi connectivity index (χ2n) is 4.83. The molecule has 0 saturated carbocycles. The summed E-state index contributed by atoms with van der Waals surface area (Å²) in [6, 6.07) is 6.30. The van der Waals surface area contributed by atoms with E-state index in [2.05, 4.69) is 4.72 Å². The van der Waals surface area contributed by atoms with Crippen LogP contribution in [0.25, 0.3) is 0 Å². The Kier molecular flexibility index (Phi) is 7.15. The molecule has 0 spiro atoms. The summed E-state index contributed by atoms with van der Waals surface area (Å²) in [6.07, 6.45) is 1.75. The van der Waals surface area contributed by atoms with Crippen molar-refractivity contribution in [3.05, 3.63) is 29.8 Å². The molecular weight excluding hydrogens is 278 g/mol. The molecule has 0 heterocycles. The normalized spacial score (nSPS) is 12.0. The van der Waals surface area contributed by atoms with Gasteiger partial charge in [0.15, 0.2) is 0 Å². The predicted octanol–water partition coefficient (Wildman–Crippen LogP) is 1.66. The highest BCUT2D eigenvalue weighted by Gasteiger charge is 2.13. The van der Waals surface area contributed by atoms with Crippen LogP contribution in [0.15, 0.2) is 29.2 Å². The number of aliphatic hydroxyl groups excluding tert-OH is 1. The molecule has 0 fully saturated rings. The maximum absolute atomic E-state index is 12.0. The fourth-order valence-corrected chi connectivity index (χ4v) is 2.79. The third kappa shape index (κ3) is 6.00. The van der Waals surface area contributed by atoms with Gasteiger partial charge in [-0.15, -0.1) is 0 Å². The minimum atomic E-state index is -3.50. The van der Waals surface area contributed by atoms with E-state index >= 15 is 0 Å². The fourth-order valence-electron chi connectivity index (χ4n) is 1.65. The molecule has 0 aliphatic carbocycles. The van der Waals surface area contributed by atoms with E-state index in [9.17, 15) is 8.42 Å². The van der Waals surface area contributed by atoms with Crippen molar-refractivity contribution in [2.75, 3.05) is 13.2 Å². The Morgan fingerprint density at radius 2 is 2.05 bits per heavy atom. The van der Waals surface area contributed by atoms with Gasteiger partial charge in [-0.3, -0.25) is 0 Å². The zero-order chi connectivity index (χ0) is 15.0. The molecule has 0 atom stereocenters. The maximum atomic E-state index is 12.0. The lowest BCUT2D eigenvalue weighted by molar-refractivity contribution is 0.0762. The van der Waals surface area contributed by atoms with Crippen molar-refractivity contribution in [2.45, 2.75) is 44.3 Å². The van der Waals surface area contributed by atoms with Gasteiger partial charge in [0.05, 0.1) is 17.6 Å². The number of hydrogen-bond acceptors (Lipinski definition) is 4. The van der Waals surface area contributed by atoms with E-state index in [0.29, 0.717) is 18.7 Å². The molecule has 0 radical (unpaired) electrons. The molecule has 2 N–H and O–H groups in total. The van der Waals surface area contributed by atoms with Crippen molar-refractivity contribution >= 4 is 10.0 Å². The fraction of sp³-hybridized carbons (Fsp3) is 0.571. The van der Waals surface area contributed by atoms with Gasteiger partial charge in [-0.25, -0.2) is 13.1 Å². The molecule has 6 heteroatoms. The smallest absolute Gasteiger partial charge is 0.240 e. The number of aliphatic hydroxyl groups is 1. The number of rotatable bonds is 9.